The van der Waals surface area contributed by atoms with Crippen molar-refractivity contribution in [3.8, 4) is 0 Å². The molecule has 0 saturated carbocycles. The van der Waals surface area contributed by atoms with Gasteiger partial charge in [-0.3, -0.25) is 0 Å². The zero-order chi connectivity index (χ0) is 11.8. The monoisotopic (exact) mass is 238 g/mol. The van der Waals surface area contributed by atoms with E-state index in [2.05, 4.69) is 0 Å². The van der Waals surface area contributed by atoms with Crippen LogP contribution < -0.4 is 0 Å². The summed E-state index contributed by atoms with van der Waals surface area (Å²) in [5.41, 5.74) is 1.52. The van der Waals surface area contributed by atoms with Crippen LogP contribution in [0.5, 0.6) is 0 Å². The van der Waals surface area contributed by atoms with E-state index in [1.807, 2.05) is 0 Å². The standard InChI is InChI=1S/C11H10O4S/c12-11(13)9-3-1-2-8(6-9)10-4-5-16(14,15)7-10/h1-4,6H,5,7H2,(H,12,13). The molecule has 16 heavy (non-hydrogen) atoms. The minimum Gasteiger partial charge on any atom is -0.478 e. The number of hydrogen-bond donors (Lipinski definition) is 1. The highest BCUT2D eigenvalue weighted by atomic mass is 32.2. The Bertz CT molecular complexity index is 569. The Morgan fingerprint density at radius 3 is 2.62 bits per heavy atom. The van der Waals surface area contributed by atoms with Crippen molar-refractivity contribution in [2.24, 2.45) is 0 Å². The Morgan fingerprint density at radius 1 is 1.31 bits per heavy atom. The zero-order valence-corrected chi connectivity index (χ0v) is 9.20. The molecule has 1 heterocycles. The SMILES string of the molecule is O=C(O)c1cccc(C2=CCS(=O)(=O)C2)c1. The second-order valence-corrected chi connectivity index (χ2v) is 5.78. The van der Waals surface area contributed by atoms with Crippen LogP contribution in [0, 0.1) is 0 Å². The van der Waals surface area contributed by atoms with E-state index in [0.29, 0.717) is 11.1 Å². The van der Waals surface area contributed by atoms with E-state index < -0.39 is 15.8 Å². The zero-order valence-electron chi connectivity index (χ0n) is 8.38. The summed E-state index contributed by atoms with van der Waals surface area (Å²) in [4.78, 5) is 10.8. The number of carboxylic acids is 1. The minimum atomic E-state index is -3.02. The van der Waals surface area contributed by atoms with Crippen LogP contribution in [-0.2, 0) is 9.84 Å². The lowest BCUT2D eigenvalue weighted by Crippen LogP contribution is -2.03. The van der Waals surface area contributed by atoms with Gasteiger partial charge in [0.05, 0.1) is 17.1 Å². The van der Waals surface area contributed by atoms with E-state index in [0.717, 1.165) is 0 Å². The maximum absolute atomic E-state index is 11.3. The van der Waals surface area contributed by atoms with Gasteiger partial charge >= 0.3 is 5.97 Å². The third-order valence-electron chi connectivity index (χ3n) is 2.44. The van der Waals surface area contributed by atoms with Crippen molar-refractivity contribution in [1.82, 2.24) is 0 Å². The van der Waals surface area contributed by atoms with Gasteiger partial charge in [-0.1, -0.05) is 18.2 Å². The van der Waals surface area contributed by atoms with Crippen molar-refractivity contribution in [3.05, 3.63) is 41.5 Å². The Morgan fingerprint density at radius 2 is 2.06 bits per heavy atom. The highest BCUT2D eigenvalue weighted by Gasteiger charge is 2.21. The lowest BCUT2D eigenvalue weighted by atomic mass is 10.0. The van der Waals surface area contributed by atoms with E-state index in [4.69, 9.17) is 5.11 Å². The van der Waals surface area contributed by atoms with Crippen molar-refractivity contribution >= 4 is 21.4 Å². The molecule has 1 aromatic rings. The topological polar surface area (TPSA) is 71.4 Å². The molecule has 0 aliphatic carbocycles. The fourth-order valence-electron chi connectivity index (χ4n) is 1.64. The first-order valence-corrected chi connectivity index (χ1v) is 6.53. The van der Waals surface area contributed by atoms with Gasteiger partial charge in [0.15, 0.2) is 9.84 Å². The molecule has 0 atom stereocenters. The van der Waals surface area contributed by atoms with Crippen LogP contribution in [0.1, 0.15) is 15.9 Å². The molecule has 1 aromatic carbocycles. The summed E-state index contributed by atoms with van der Waals surface area (Å²) in [6, 6.07) is 6.31. The first-order chi connectivity index (χ1) is 7.48. The molecule has 0 radical (unpaired) electrons. The molecule has 5 heteroatoms. The molecule has 0 unspecified atom stereocenters. The Balaban J connectivity index is 2.36. The van der Waals surface area contributed by atoms with Gasteiger partial charge in [-0.15, -0.1) is 0 Å². The van der Waals surface area contributed by atoms with E-state index in [9.17, 15) is 13.2 Å². The van der Waals surface area contributed by atoms with Crippen molar-refractivity contribution in [2.75, 3.05) is 11.5 Å². The molecule has 0 amide bonds. The molecular weight excluding hydrogens is 228 g/mol. The number of carbonyl (C=O) groups is 1. The van der Waals surface area contributed by atoms with Crippen molar-refractivity contribution in [1.29, 1.82) is 0 Å². The molecule has 2 rings (SSSR count). The molecule has 0 spiro atoms. The molecule has 0 fully saturated rings. The molecule has 1 N–H and O–H groups in total. The van der Waals surface area contributed by atoms with Crippen molar-refractivity contribution in [2.45, 2.75) is 0 Å². The van der Waals surface area contributed by atoms with Crippen LogP contribution in [0.3, 0.4) is 0 Å². The highest BCUT2D eigenvalue weighted by Crippen LogP contribution is 2.23. The molecule has 0 saturated heterocycles. The van der Waals surface area contributed by atoms with Gasteiger partial charge in [0, 0.05) is 0 Å². The maximum Gasteiger partial charge on any atom is 0.335 e. The molecule has 0 aromatic heterocycles. The average molecular weight is 238 g/mol. The van der Waals surface area contributed by atoms with Gasteiger partial charge in [-0.25, -0.2) is 13.2 Å². The highest BCUT2D eigenvalue weighted by molar-refractivity contribution is 7.92. The van der Waals surface area contributed by atoms with E-state index in [1.54, 1.807) is 18.2 Å². The average Bonchev–Trinajstić information content (AvgIpc) is 2.59. The summed E-state index contributed by atoms with van der Waals surface area (Å²) in [5, 5.41) is 8.82. The predicted octanol–water partition coefficient (Wildman–Crippen LogP) is 1.20. The summed E-state index contributed by atoms with van der Waals surface area (Å²) in [5.74, 6) is -0.973. The molecule has 1 aliphatic heterocycles. The summed E-state index contributed by atoms with van der Waals surface area (Å²) < 4.78 is 22.5. The molecule has 4 nitrogen and oxygen atoms in total. The number of rotatable bonds is 2. The van der Waals surface area contributed by atoms with Crippen LogP contribution in [0.25, 0.3) is 5.57 Å². The summed E-state index contributed by atoms with van der Waals surface area (Å²) in [6.45, 7) is 0. The summed E-state index contributed by atoms with van der Waals surface area (Å²) in [7, 11) is -3.02. The van der Waals surface area contributed by atoms with Crippen molar-refractivity contribution < 1.29 is 18.3 Å². The second kappa shape index (κ2) is 3.75. The Hall–Kier alpha value is -1.62. The van der Waals surface area contributed by atoms with Crippen LogP contribution in [-0.4, -0.2) is 31.0 Å². The van der Waals surface area contributed by atoms with Crippen LogP contribution in [0.15, 0.2) is 30.3 Å². The number of carboxylic acid groups (broad SMARTS) is 1. The van der Waals surface area contributed by atoms with Crippen LogP contribution >= 0.6 is 0 Å². The van der Waals surface area contributed by atoms with Crippen LogP contribution in [0.2, 0.25) is 0 Å². The first kappa shape index (κ1) is 10.9. The van der Waals surface area contributed by atoms with Gasteiger partial charge in [-0.2, -0.15) is 0 Å². The fraction of sp³-hybridized carbons (Fsp3) is 0.182. The Labute approximate surface area is 93.1 Å². The lowest BCUT2D eigenvalue weighted by Gasteiger charge is -2.02. The number of sulfone groups is 1. The second-order valence-electron chi connectivity index (χ2n) is 3.67. The fourth-order valence-corrected chi connectivity index (χ4v) is 2.97. The molecule has 84 valence electrons. The number of hydrogen-bond acceptors (Lipinski definition) is 3. The largest absolute Gasteiger partial charge is 0.478 e. The molecule has 0 bridgehead atoms. The molecular formula is C11H10O4S. The predicted molar refractivity (Wildman–Crippen MR) is 60.0 cm³/mol. The van der Waals surface area contributed by atoms with Gasteiger partial charge in [0.1, 0.15) is 0 Å². The van der Waals surface area contributed by atoms with E-state index in [1.165, 1.54) is 12.1 Å². The number of aromatic carboxylic acids is 1. The third kappa shape index (κ3) is 2.14. The minimum absolute atomic E-state index is 0.00390. The summed E-state index contributed by atoms with van der Waals surface area (Å²) in [6.07, 6.45) is 1.64. The van der Waals surface area contributed by atoms with E-state index >= 15 is 0 Å². The Kier molecular flexibility index (Phi) is 2.55. The number of benzene rings is 1. The van der Waals surface area contributed by atoms with Gasteiger partial charge in [0.25, 0.3) is 0 Å². The lowest BCUT2D eigenvalue weighted by molar-refractivity contribution is 0.0697. The van der Waals surface area contributed by atoms with Gasteiger partial charge in [0.2, 0.25) is 0 Å². The van der Waals surface area contributed by atoms with Crippen LogP contribution in [0.4, 0.5) is 0 Å². The van der Waals surface area contributed by atoms with Crippen molar-refractivity contribution in [3.63, 3.8) is 0 Å². The quantitative estimate of drug-likeness (QED) is 0.840. The van der Waals surface area contributed by atoms with Gasteiger partial charge in [-0.05, 0) is 23.3 Å². The van der Waals surface area contributed by atoms with E-state index in [-0.39, 0.29) is 17.1 Å². The third-order valence-corrected chi connectivity index (χ3v) is 3.86. The first-order valence-electron chi connectivity index (χ1n) is 4.71. The smallest absolute Gasteiger partial charge is 0.335 e. The summed E-state index contributed by atoms with van der Waals surface area (Å²) >= 11 is 0. The molecule has 1 aliphatic rings. The normalized spacial score (nSPS) is 18.1. The maximum atomic E-state index is 11.3. The van der Waals surface area contributed by atoms with Gasteiger partial charge < -0.3 is 5.11 Å².